The molecule has 1 aliphatic rings. The lowest BCUT2D eigenvalue weighted by Gasteiger charge is -2.40. The summed E-state index contributed by atoms with van der Waals surface area (Å²) < 4.78 is 30.3. The summed E-state index contributed by atoms with van der Waals surface area (Å²) in [7, 11) is 0. The molecule has 2 aromatic carbocycles. The topological polar surface area (TPSA) is 35.6 Å². The second-order valence-corrected chi connectivity index (χ2v) is 7.52. The quantitative estimate of drug-likeness (QED) is 0.458. The van der Waals surface area contributed by atoms with E-state index in [-0.39, 0.29) is 10.2 Å². The first-order valence-electron chi connectivity index (χ1n) is 7.82. The summed E-state index contributed by atoms with van der Waals surface area (Å²) in [5.74, 6) is -1.52. The van der Waals surface area contributed by atoms with Crippen LogP contribution in [0.25, 0.3) is 0 Å². The Morgan fingerprint density at radius 2 is 1.73 bits per heavy atom. The third-order valence-electron chi connectivity index (χ3n) is 4.01. The molecule has 136 valence electrons. The maximum absolute atomic E-state index is 14.2. The Labute approximate surface area is 172 Å². The van der Waals surface area contributed by atoms with Crippen molar-refractivity contribution in [3.05, 3.63) is 76.0 Å². The fourth-order valence-corrected chi connectivity index (χ4v) is 4.22. The number of halogens is 4. The predicted molar refractivity (Wildman–Crippen MR) is 108 cm³/mol. The highest BCUT2D eigenvalue weighted by Gasteiger charge is 2.38. The first-order chi connectivity index (χ1) is 12.4. The van der Waals surface area contributed by atoms with E-state index in [4.69, 9.17) is 0 Å². The zero-order valence-corrected chi connectivity index (χ0v) is 17.5. The molecule has 0 aliphatic carbocycles. The summed E-state index contributed by atoms with van der Waals surface area (Å²) in [6.45, 7) is 2.22. The molecule has 3 rings (SSSR count). The number of nitrogens with zero attached hydrogens (tertiary/aromatic N) is 2. The van der Waals surface area contributed by atoms with E-state index in [9.17, 15) is 13.6 Å². The third-order valence-corrected chi connectivity index (χ3v) is 6.01. The number of rotatable bonds is 4. The molecule has 1 heterocycles. The van der Waals surface area contributed by atoms with E-state index >= 15 is 0 Å². The Bertz CT molecular complexity index is 843. The monoisotopic (exact) mass is 533 g/mol. The van der Waals surface area contributed by atoms with Crippen LogP contribution in [0.2, 0.25) is 0 Å². The van der Waals surface area contributed by atoms with Crippen molar-refractivity contribution in [2.24, 2.45) is 0 Å². The van der Waals surface area contributed by atoms with Crippen LogP contribution in [-0.4, -0.2) is 15.2 Å². The van der Waals surface area contributed by atoms with Crippen LogP contribution in [0.15, 0.2) is 58.8 Å². The van der Waals surface area contributed by atoms with Gasteiger partial charge in [0.25, 0.3) is 5.91 Å². The Hall–Kier alpha value is -1.68. The van der Waals surface area contributed by atoms with Gasteiger partial charge in [-0.2, -0.15) is 0 Å². The zero-order valence-electron chi connectivity index (χ0n) is 13.7. The van der Waals surface area contributed by atoms with Gasteiger partial charge in [-0.1, -0.05) is 36.4 Å². The second kappa shape index (κ2) is 7.91. The molecule has 0 fully saturated rings. The van der Waals surface area contributed by atoms with E-state index in [1.165, 1.54) is 6.07 Å². The summed E-state index contributed by atoms with van der Waals surface area (Å²) in [4.78, 5) is 13.9. The van der Waals surface area contributed by atoms with Crippen molar-refractivity contribution in [1.29, 1.82) is 0 Å². The molecule has 26 heavy (non-hydrogen) atoms. The summed E-state index contributed by atoms with van der Waals surface area (Å²) in [6.07, 6.45) is -0.589. The molecule has 8 heteroatoms. The maximum Gasteiger partial charge on any atom is 0.270 e. The average molecular weight is 534 g/mol. The Kier molecular flexibility index (Phi) is 5.81. The summed E-state index contributed by atoms with van der Waals surface area (Å²) >= 11 is 5.31. The van der Waals surface area contributed by atoms with E-state index in [1.807, 2.05) is 53.2 Å². The van der Waals surface area contributed by atoms with Crippen molar-refractivity contribution in [2.45, 2.75) is 19.6 Å². The Morgan fingerprint density at radius 3 is 2.35 bits per heavy atom. The van der Waals surface area contributed by atoms with Crippen LogP contribution in [0.5, 0.6) is 0 Å². The SMILES string of the molecule is CC1N(I)C(NCc2ccccc2)=C(Br)C(=O)N1c1c(F)cccc1F. The first-order valence-corrected chi connectivity index (χ1v) is 9.57. The van der Waals surface area contributed by atoms with Gasteiger partial charge in [0.1, 0.15) is 33.8 Å². The number of hydrogen-bond acceptors (Lipinski definition) is 3. The lowest BCUT2D eigenvalue weighted by atomic mass is 10.2. The van der Waals surface area contributed by atoms with Crippen LogP contribution in [0, 0.1) is 11.6 Å². The maximum atomic E-state index is 14.2. The van der Waals surface area contributed by atoms with Gasteiger partial charge in [-0.3, -0.25) is 12.8 Å². The van der Waals surface area contributed by atoms with Crippen LogP contribution in [-0.2, 0) is 11.3 Å². The molecule has 0 spiro atoms. The highest BCUT2D eigenvalue weighted by Crippen LogP contribution is 2.36. The van der Waals surface area contributed by atoms with Gasteiger partial charge in [-0.15, -0.1) is 0 Å². The van der Waals surface area contributed by atoms with Gasteiger partial charge in [0, 0.05) is 6.54 Å². The summed E-state index contributed by atoms with van der Waals surface area (Å²) in [5.41, 5.74) is 0.693. The minimum Gasteiger partial charge on any atom is -0.366 e. The van der Waals surface area contributed by atoms with E-state index in [0.29, 0.717) is 12.4 Å². The molecule has 1 aliphatic heterocycles. The second-order valence-electron chi connectivity index (χ2n) is 5.69. The van der Waals surface area contributed by atoms with E-state index in [1.54, 1.807) is 10.0 Å². The predicted octanol–water partition coefficient (Wildman–Crippen LogP) is 4.66. The molecule has 0 saturated heterocycles. The van der Waals surface area contributed by atoms with Crippen LogP contribution in [0.4, 0.5) is 14.5 Å². The molecular formula is C18H15BrF2IN3O. The number of carbonyl (C=O) groups is 1. The van der Waals surface area contributed by atoms with Gasteiger partial charge in [-0.05, 0) is 40.5 Å². The van der Waals surface area contributed by atoms with Crippen molar-refractivity contribution in [1.82, 2.24) is 8.43 Å². The molecule has 2 aromatic rings. The van der Waals surface area contributed by atoms with Gasteiger partial charge in [0.15, 0.2) is 0 Å². The fraction of sp³-hybridized carbons (Fsp3) is 0.167. The first kappa shape index (κ1) is 19.1. The number of hydrogen-bond donors (Lipinski definition) is 1. The Balaban J connectivity index is 1.92. The van der Waals surface area contributed by atoms with Gasteiger partial charge >= 0.3 is 0 Å². The lowest BCUT2D eigenvalue weighted by Crippen LogP contribution is -2.52. The van der Waals surface area contributed by atoms with Crippen LogP contribution >= 0.6 is 38.8 Å². The van der Waals surface area contributed by atoms with Gasteiger partial charge in [0.2, 0.25) is 0 Å². The molecule has 1 unspecified atom stereocenters. The molecule has 0 aromatic heterocycles. The van der Waals surface area contributed by atoms with E-state index in [0.717, 1.165) is 22.6 Å². The van der Waals surface area contributed by atoms with Crippen LogP contribution < -0.4 is 10.2 Å². The Morgan fingerprint density at radius 1 is 1.12 bits per heavy atom. The van der Waals surface area contributed by atoms with Crippen molar-refractivity contribution in [2.75, 3.05) is 4.90 Å². The van der Waals surface area contributed by atoms with E-state index in [2.05, 4.69) is 21.2 Å². The molecular weight excluding hydrogens is 519 g/mol. The molecule has 4 nitrogen and oxygen atoms in total. The molecule has 1 atom stereocenters. The number of carbonyl (C=O) groups excluding carboxylic acids is 1. The highest BCUT2D eigenvalue weighted by molar-refractivity contribution is 14.1. The number of para-hydroxylation sites is 1. The molecule has 1 N–H and O–H groups in total. The fourth-order valence-electron chi connectivity index (χ4n) is 2.70. The molecule has 0 saturated carbocycles. The highest BCUT2D eigenvalue weighted by atomic mass is 127. The third kappa shape index (κ3) is 3.57. The smallest absolute Gasteiger partial charge is 0.270 e. The average Bonchev–Trinajstić information content (AvgIpc) is 2.63. The van der Waals surface area contributed by atoms with Crippen molar-refractivity contribution >= 4 is 50.4 Å². The van der Waals surface area contributed by atoms with Gasteiger partial charge in [-0.25, -0.2) is 8.78 Å². The molecule has 1 amide bonds. The number of anilines is 1. The standard InChI is InChI=1S/C18H15BrF2IN3O/c1-11-24(16-13(20)8-5-9-14(16)21)18(26)15(19)17(25(11)22)23-10-12-6-3-2-4-7-12/h2-9,11,23H,10H2,1H3. The van der Waals surface area contributed by atoms with Crippen molar-refractivity contribution < 1.29 is 13.6 Å². The van der Waals surface area contributed by atoms with Crippen molar-refractivity contribution in [3.8, 4) is 0 Å². The molecule has 0 radical (unpaired) electrons. The zero-order chi connectivity index (χ0) is 18.8. The van der Waals surface area contributed by atoms with Crippen molar-refractivity contribution in [3.63, 3.8) is 0 Å². The number of benzene rings is 2. The minimum absolute atomic E-state index is 0.212. The normalized spacial score (nSPS) is 17.7. The lowest BCUT2D eigenvalue weighted by molar-refractivity contribution is -0.115. The number of nitrogens with one attached hydrogen (secondary N) is 1. The number of amides is 1. The van der Waals surface area contributed by atoms with Crippen LogP contribution in [0.3, 0.4) is 0 Å². The van der Waals surface area contributed by atoms with E-state index < -0.39 is 23.7 Å². The van der Waals surface area contributed by atoms with Crippen LogP contribution in [0.1, 0.15) is 12.5 Å². The van der Waals surface area contributed by atoms with Gasteiger partial charge in [0.05, 0.1) is 22.9 Å². The minimum atomic E-state index is -0.781. The largest absolute Gasteiger partial charge is 0.366 e. The van der Waals surface area contributed by atoms with Gasteiger partial charge < -0.3 is 5.32 Å². The summed E-state index contributed by atoms with van der Waals surface area (Å²) in [6, 6.07) is 13.3. The molecule has 0 bridgehead atoms. The summed E-state index contributed by atoms with van der Waals surface area (Å²) in [5, 5.41) is 3.22.